The Hall–Kier alpha value is -1.37. The van der Waals surface area contributed by atoms with E-state index < -0.39 is 0 Å². The normalized spacial score (nSPS) is 17.8. The van der Waals surface area contributed by atoms with Gasteiger partial charge in [-0.1, -0.05) is 0 Å². The van der Waals surface area contributed by atoms with E-state index in [1.807, 2.05) is 24.9 Å². The average molecular weight is 346 g/mol. The van der Waals surface area contributed by atoms with Crippen LogP contribution in [-0.2, 0) is 7.05 Å². The third kappa shape index (κ3) is 3.34. The highest BCUT2D eigenvalue weighted by Gasteiger charge is 2.22. The Morgan fingerprint density at radius 3 is 2.82 bits per heavy atom. The summed E-state index contributed by atoms with van der Waals surface area (Å²) >= 11 is 0. The molecule has 1 aliphatic rings. The first-order valence-electron chi connectivity index (χ1n) is 6.88. The van der Waals surface area contributed by atoms with Gasteiger partial charge in [0.2, 0.25) is 0 Å². The summed E-state index contributed by atoms with van der Waals surface area (Å²) < 4.78 is 1.74. The second-order valence-corrected chi connectivity index (χ2v) is 5.41. The molecule has 6 nitrogen and oxygen atoms in total. The van der Waals surface area contributed by atoms with Crippen LogP contribution in [0.15, 0.2) is 12.3 Å². The molecule has 1 unspecified atom stereocenters. The van der Waals surface area contributed by atoms with E-state index in [1.54, 1.807) is 10.9 Å². The average Bonchev–Trinajstić information content (AvgIpc) is 2.73. The third-order valence-corrected chi connectivity index (χ3v) is 3.77. The lowest BCUT2D eigenvalue weighted by Gasteiger charge is -2.31. The topological polar surface area (TPSA) is 63.1 Å². The molecule has 0 aromatic carbocycles. The fourth-order valence-electron chi connectivity index (χ4n) is 2.72. The van der Waals surface area contributed by atoms with Gasteiger partial charge in [-0.05, 0) is 19.9 Å². The van der Waals surface area contributed by atoms with Crippen molar-refractivity contribution in [2.45, 2.75) is 19.9 Å². The smallest absolute Gasteiger partial charge is 0.255 e. The lowest BCUT2D eigenvalue weighted by molar-refractivity contribution is 0.0709. The van der Waals surface area contributed by atoms with Crippen molar-refractivity contribution < 1.29 is 4.79 Å². The van der Waals surface area contributed by atoms with Crippen molar-refractivity contribution in [2.75, 3.05) is 19.6 Å². The molecule has 122 valence electrons. The SMILES string of the molecule is Cc1nn(C)c2ncc(C(=O)N3CCNC(C)C3)cc12.Cl.Cl. The molecule has 0 spiro atoms. The highest BCUT2D eigenvalue weighted by molar-refractivity contribution is 5.97. The molecule has 2 aromatic heterocycles. The predicted molar refractivity (Wildman–Crippen MR) is 91.1 cm³/mol. The van der Waals surface area contributed by atoms with E-state index in [2.05, 4.69) is 22.3 Å². The number of aryl methyl sites for hydroxylation is 2. The number of nitrogens with one attached hydrogen (secondary N) is 1. The Kier molecular flexibility index (Phi) is 6.17. The number of halogens is 2. The van der Waals surface area contributed by atoms with Gasteiger partial charge in [0, 0.05) is 44.3 Å². The molecule has 0 radical (unpaired) electrons. The molecule has 22 heavy (non-hydrogen) atoms. The van der Waals surface area contributed by atoms with E-state index in [1.165, 1.54) is 0 Å². The Labute approximate surface area is 142 Å². The second-order valence-electron chi connectivity index (χ2n) is 5.41. The number of carbonyl (C=O) groups excluding carboxylic acids is 1. The number of rotatable bonds is 1. The van der Waals surface area contributed by atoms with Crippen molar-refractivity contribution in [1.82, 2.24) is 25.0 Å². The maximum Gasteiger partial charge on any atom is 0.255 e. The lowest BCUT2D eigenvalue weighted by Crippen LogP contribution is -2.51. The maximum absolute atomic E-state index is 12.5. The number of piperazine rings is 1. The summed E-state index contributed by atoms with van der Waals surface area (Å²) in [6, 6.07) is 2.24. The standard InChI is InChI=1S/C14H19N5O.2ClH/c1-9-8-19(5-4-15-9)14(20)11-6-12-10(2)17-18(3)13(12)16-7-11;;/h6-7,9,15H,4-5,8H2,1-3H3;2*1H. The molecule has 1 atom stereocenters. The van der Waals surface area contributed by atoms with Crippen LogP contribution in [0.2, 0.25) is 0 Å². The largest absolute Gasteiger partial charge is 0.336 e. The first-order chi connectivity index (χ1) is 9.56. The molecule has 0 aliphatic carbocycles. The minimum absolute atomic E-state index is 0. The van der Waals surface area contributed by atoms with Crippen molar-refractivity contribution in [3.63, 3.8) is 0 Å². The van der Waals surface area contributed by atoms with Crippen molar-refractivity contribution in [2.24, 2.45) is 7.05 Å². The van der Waals surface area contributed by atoms with Gasteiger partial charge in [-0.15, -0.1) is 24.8 Å². The maximum atomic E-state index is 12.5. The first kappa shape index (κ1) is 18.7. The number of aromatic nitrogens is 3. The molecule has 3 rings (SSSR count). The van der Waals surface area contributed by atoms with Crippen LogP contribution >= 0.6 is 24.8 Å². The molecule has 1 amide bonds. The molecule has 1 saturated heterocycles. The van der Waals surface area contributed by atoms with Crippen molar-refractivity contribution in [1.29, 1.82) is 0 Å². The first-order valence-corrected chi connectivity index (χ1v) is 6.88. The lowest BCUT2D eigenvalue weighted by atomic mass is 10.1. The Morgan fingerprint density at radius 1 is 1.41 bits per heavy atom. The monoisotopic (exact) mass is 345 g/mol. The van der Waals surface area contributed by atoms with Gasteiger partial charge in [-0.25, -0.2) is 4.98 Å². The Balaban J connectivity index is 0.00000121. The minimum atomic E-state index is 0. The zero-order valence-corrected chi connectivity index (χ0v) is 14.5. The quantitative estimate of drug-likeness (QED) is 0.851. The molecule has 1 aliphatic heterocycles. The zero-order valence-electron chi connectivity index (χ0n) is 12.9. The van der Waals surface area contributed by atoms with Crippen LogP contribution in [0.3, 0.4) is 0 Å². The number of nitrogens with zero attached hydrogens (tertiary/aromatic N) is 4. The molecule has 2 aromatic rings. The van der Waals surface area contributed by atoms with E-state index in [-0.39, 0.29) is 30.7 Å². The summed E-state index contributed by atoms with van der Waals surface area (Å²) in [5.41, 5.74) is 2.36. The van der Waals surface area contributed by atoms with Gasteiger partial charge in [0.1, 0.15) is 0 Å². The van der Waals surface area contributed by atoms with Gasteiger partial charge in [0.25, 0.3) is 5.91 Å². The summed E-state index contributed by atoms with van der Waals surface area (Å²) in [6.07, 6.45) is 1.65. The Morgan fingerprint density at radius 2 is 2.14 bits per heavy atom. The summed E-state index contributed by atoms with van der Waals surface area (Å²) in [6.45, 7) is 6.35. The molecule has 1 N–H and O–H groups in total. The number of carbonyl (C=O) groups is 1. The predicted octanol–water partition coefficient (Wildman–Crippen LogP) is 1.55. The van der Waals surface area contributed by atoms with Crippen molar-refractivity contribution in [3.05, 3.63) is 23.5 Å². The van der Waals surface area contributed by atoms with Crippen LogP contribution in [0, 0.1) is 6.92 Å². The number of hydrogen-bond donors (Lipinski definition) is 1. The van der Waals surface area contributed by atoms with Gasteiger partial charge < -0.3 is 10.2 Å². The van der Waals surface area contributed by atoms with E-state index in [9.17, 15) is 4.79 Å². The molecule has 8 heteroatoms. The number of amides is 1. The molecular weight excluding hydrogens is 325 g/mol. The van der Waals surface area contributed by atoms with Gasteiger partial charge in [0.05, 0.1) is 11.3 Å². The molecule has 0 saturated carbocycles. The van der Waals surface area contributed by atoms with E-state index in [4.69, 9.17) is 0 Å². The fraction of sp³-hybridized carbons (Fsp3) is 0.500. The van der Waals surface area contributed by atoms with Crippen LogP contribution in [-0.4, -0.2) is 51.2 Å². The van der Waals surface area contributed by atoms with Crippen LogP contribution in [0.5, 0.6) is 0 Å². The Bertz CT molecular complexity index is 673. The summed E-state index contributed by atoms with van der Waals surface area (Å²) in [5, 5.41) is 8.62. The van der Waals surface area contributed by atoms with Gasteiger partial charge >= 0.3 is 0 Å². The van der Waals surface area contributed by atoms with Crippen LogP contribution < -0.4 is 5.32 Å². The minimum Gasteiger partial charge on any atom is -0.336 e. The summed E-state index contributed by atoms with van der Waals surface area (Å²) in [4.78, 5) is 18.8. The molecular formula is C14H21Cl2N5O. The van der Waals surface area contributed by atoms with Crippen LogP contribution in [0.4, 0.5) is 0 Å². The molecule has 1 fully saturated rings. The van der Waals surface area contributed by atoms with Crippen molar-refractivity contribution >= 4 is 41.8 Å². The third-order valence-electron chi connectivity index (χ3n) is 3.77. The van der Waals surface area contributed by atoms with E-state index in [0.717, 1.165) is 36.4 Å². The second kappa shape index (κ2) is 7.26. The van der Waals surface area contributed by atoms with Crippen LogP contribution in [0.1, 0.15) is 23.0 Å². The molecule has 0 bridgehead atoms. The summed E-state index contributed by atoms with van der Waals surface area (Å²) in [7, 11) is 1.86. The van der Waals surface area contributed by atoms with Gasteiger partial charge in [0.15, 0.2) is 5.65 Å². The van der Waals surface area contributed by atoms with Crippen molar-refractivity contribution in [3.8, 4) is 0 Å². The number of pyridine rings is 1. The summed E-state index contributed by atoms with van der Waals surface area (Å²) in [5.74, 6) is 0.0519. The fourth-order valence-corrected chi connectivity index (χ4v) is 2.72. The van der Waals surface area contributed by atoms with E-state index >= 15 is 0 Å². The number of hydrogen-bond acceptors (Lipinski definition) is 4. The highest BCUT2D eigenvalue weighted by atomic mass is 35.5. The van der Waals surface area contributed by atoms with E-state index in [0.29, 0.717) is 11.6 Å². The molecule has 3 heterocycles. The zero-order chi connectivity index (χ0) is 14.3. The number of fused-ring (bicyclic) bond motifs is 1. The van der Waals surface area contributed by atoms with Gasteiger partial charge in [-0.3, -0.25) is 9.48 Å². The van der Waals surface area contributed by atoms with Crippen LogP contribution in [0.25, 0.3) is 11.0 Å². The highest BCUT2D eigenvalue weighted by Crippen LogP contribution is 2.18. The van der Waals surface area contributed by atoms with Gasteiger partial charge in [-0.2, -0.15) is 5.10 Å².